The first-order valence-corrected chi connectivity index (χ1v) is 8.07. The molecule has 3 atom stereocenters. The Morgan fingerprint density at radius 1 is 1.32 bits per heavy atom. The van der Waals surface area contributed by atoms with Crippen molar-refractivity contribution in [1.82, 2.24) is 9.88 Å². The van der Waals surface area contributed by atoms with Crippen molar-refractivity contribution in [3.05, 3.63) is 10.6 Å². The molecule has 1 aromatic rings. The fourth-order valence-corrected chi connectivity index (χ4v) is 4.49. The summed E-state index contributed by atoms with van der Waals surface area (Å²) in [5.41, 5.74) is 7.12. The number of rotatable bonds is 2. The maximum Gasteiger partial charge on any atom is 0.185 e. The molecule has 3 rings (SSSR count). The summed E-state index contributed by atoms with van der Waals surface area (Å²) in [7, 11) is 2.28. The zero-order valence-corrected chi connectivity index (χ0v) is 12.9. The number of hydrogen-bond donors (Lipinski definition) is 1. The van der Waals surface area contributed by atoms with E-state index < -0.39 is 0 Å². The van der Waals surface area contributed by atoms with Crippen molar-refractivity contribution in [2.75, 3.05) is 25.0 Å². The van der Waals surface area contributed by atoms with Crippen LogP contribution in [0.5, 0.6) is 0 Å². The van der Waals surface area contributed by atoms with Gasteiger partial charge in [0.15, 0.2) is 5.13 Å². The second kappa shape index (κ2) is 5.04. The summed E-state index contributed by atoms with van der Waals surface area (Å²) in [6, 6.07) is 1.58. The van der Waals surface area contributed by atoms with Gasteiger partial charge in [0.2, 0.25) is 0 Å². The van der Waals surface area contributed by atoms with Gasteiger partial charge in [-0.05, 0) is 40.2 Å². The van der Waals surface area contributed by atoms with E-state index in [1.165, 1.54) is 29.3 Å². The highest BCUT2D eigenvalue weighted by Gasteiger charge is 2.35. The number of anilines is 1. The van der Waals surface area contributed by atoms with Crippen molar-refractivity contribution in [3.63, 3.8) is 0 Å². The van der Waals surface area contributed by atoms with Crippen molar-refractivity contribution < 1.29 is 0 Å². The van der Waals surface area contributed by atoms with Crippen LogP contribution in [0.4, 0.5) is 5.13 Å². The molecule has 4 nitrogen and oxygen atoms in total. The first-order valence-electron chi connectivity index (χ1n) is 7.26. The molecule has 0 spiro atoms. The Labute approximate surface area is 119 Å². The number of hydrogen-bond acceptors (Lipinski definition) is 5. The fourth-order valence-electron chi connectivity index (χ4n) is 3.43. The number of nitrogens with zero attached hydrogens (tertiary/aromatic N) is 3. The van der Waals surface area contributed by atoms with Gasteiger partial charge in [-0.3, -0.25) is 4.90 Å². The third kappa shape index (κ3) is 2.39. The molecule has 2 aliphatic heterocycles. The van der Waals surface area contributed by atoms with Gasteiger partial charge in [0.25, 0.3) is 0 Å². The van der Waals surface area contributed by atoms with Gasteiger partial charge in [-0.15, -0.1) is 11.3 Å². The molecule has 0 saturated carbocycles. The Morgan fingerprint density at radius 3 is 2.74 bits per heavy atom. The van der Waals surface area contributed by atoms with Crippen LogP contribution in [0, 0.1) is 6.92 Å². The van der Waals surface area contributed by atoms with Crippen LogP contribution in [-0.2, 0) is 0 Å². The molecular formula is C14H24N4S. The topological polar surface area (TPSA) is 45.4 Å². The van der Waals surface area contributed by atoms with Gasteiger partial charge in [0.1, 0.15) is 0 Å². The zero-order valence-electron chi connectivity index (χ0n) is 12.1. The van der Waals surface area contributed by atoms with Gasteiger partial charge in [-0.25, -0.2) is 4.98 Å². The Bertz CT molecular complexity index is 456. The number of fused-ring (bicyclic) bond motifs is 2. The maximum atomic E-state index is 6.01. The molecule has 0 aromatic carbocycles. The van der Waals surface area contributed by atoms with Crippen LogP contribution >= 0.6 is 11.3 Å². The largest absolute Gasteiger partial charge is 0.346 e. The van der Waals surface area contributed by atoms with Gasteiger partial charge in [0, 0.05) is 36.1 Å². The predicted molar refractivity (Wildman–Crippen MR) is 80.9 cm³/mol. The number of nitrogens with two attached hydrogens (primary N) is 1. The second-order valence-corrected chi connectivity index (χ2v) is 7.03. The van der Waals surface area contributed by atoms with Crippen molar-refractivity contribution in [1.29, 1.82) is 0 Å². The fraction of sp³-hybridized carbons (Fsp3) is 0.786. The molecule has 2 bridgehead atoms. The molecule has 106 valence electrons. The number of thiazole rings is 1. The Kier molecular flexibility index (Phi) is 3.53. The smallest absolute Gasteiger partial charge is 0.185 e. The van der Waals surface area contributed by atoms with E-state index in [-0.39, 0.29) is 6.04 Å². The van der Waals surface area contributed by atoms with Crippen LogP contribution in [0.1, 0.15) is 42.8 Å². The van der Waals surface area contributed by atoms with Gasteiger partial charge >= 0.3 is 0 Å². The molecule has 3 heterocycles. The third-order valence-electron chi connectivity index (χ3n) is 4.65. The maximum absolute atomic E-state index is 6.01. The minimum Gasteiger partial charge on any atom is -0.346 e. The van der Waals surface area contributed by atoms with Crippen LogP contribution in [-0.4, -0.2) is 42.1 Å². The molecule has 19 heavy (non-hydrogen) atoms. The Morgan fingerprint density at radius 2 is 2.05 bits per heavy atom. The van der Waals surface area contributed by atoms with Gasteiger partial charge in [-0.2, -0.15) is 0 Å². The molecular weight excluding hydrogens is 256 g/mol. The standard InChI is InChI=1S/C14H24N4S/c1-9(15)13-10(2)16-14(19-13)18-7-6-11-4-5-12(8-18)17(11)3/h9,11-12H,4-8,15H2,1-3H3. The predicted octanol–water partition coefficient (Wildman–Crippen LogP) is 2.14. The van der Waals surface area contributed by atoms with Crippen molar-refractivity contribution in [2.24, 2.45) is 5.73 Å². The summed E-state index contributed by atoms with van der Waals surface area (Å²) in [6.07, 6.45) is 3.97. The number of aromatic nitrogens is 1. The highest BCUT2D eigenvalue weighted by Crippen LogP contribution is 2.34. The van der Waals surface area contributed by atoms with Crippen molar-refractivity contribution in [2.45, 2.75) is 51.2 Å². The summed E-state index contributed by atoms with van der Waals surface area (Å²) in [4.78, 5) is 11.0. The minimum absolute atomic E-state index is 0.0948. The summed E-state index contributed by atoms with van der Waals surface area (Å²) < 4.78 is 0. The zero-order chi connectivity index (χ0) is 13.6. The number of aryl methyl sites for hydroxylation is 1. The Balaban J connectivity index is 1.81. The Hall–Kier alpha value is -0.650. The molecule has 3 unspecified atom stereocenters. The van der Waals surface area contributed by atoms with E-state index in [9.17, 15) is 0 Å². The SMILES string of the molecule is Cc1nc(N2CCC3CCC(C2)N3C)sc1C(C)N. The first-order chi connectivity index (χ1) is 9.06. The minimum atomic E-state index is 0.0948. The lowest BCUT2D eigenvalue weighted by Gasteiger charge is -2.25. The van der Waals surface area contributed by atoms with Crippen molar-refractivity contribution >= 4 is 16.5 Å². The summed E-state index contributed by atoms with van der Waals surface area (Å²) >= 11 is 1.78. The molecule has 2 fully saturated rings. The highest BCUT2D eigenvalue weighted by atomic mass is 32.1. The quantitative estimate of drug-likeness (QED) is 0.901. The van der Waals surface area contributed by atoms with E-state index in [4.69, 9.17) is 10.7 Å². The molecule has 2 N–H and O–H groups in total. The van der Waals surface area contributed by atoms with E-state index >= 15 is 0 Å². The molecule has 2 saturated heterocycles. The monoisotopic (exact) mass is 280 g/mol. The van der Waals surface area contributed by atoms with E-state index in [1.807, 2.05) is 6.92 Å². The average Bonchev–Trinajstić information content (AvgIpc) is 2.81. The molecule has 0 amide bonds. The van der Waals surface area contributed by atoms with E-state index in [2.05, 4.69) is 23.8 Å². The van der Waals surface area contributed by atoms with E-state index in [1.54, 1.807) is 11.3 Å². The molecule has 2 aliphatic rings. The average molecular weight is 280 g/mol. The van der Waals surface area contributed by atoms with E-state index in [0.29, 0.717) is 6.04 Å². The van der Waals surface area contributed by atoms with Crippen LogP contribution in [0.25, 0.3) is 0 Å². The summed E-state index contributed by atoms with van der Waals surface area (Å²) in [5.74, 6) is 0. The van der Waals surface area contributed by atoms with Crippen LogP contribution < -0.4 is 10.6 Å². The lowest BCUT2D eigenvalue weighted by molar-refractivity contribution is 0.254. The lowest BCUT2D eigenvalue weighted by atomic mass is 10.1. The van der Waals surface area contributed by atoms with Crippen molar-refractivity contribution in [3.8, 4) is 0 Å². The molecule has 5 heteroatoms. The third-order valence-corrected chi connectivity index (χ3v) is 6.07. The highest BCUT2D eigenvalue weighted by molar-refractivity contribution is 7.15. The van der Waals surface area contributed by atoms with Crippen LogP contribution in [0.15, 0.2) is 0 Å². The summed E-state index contributed by atoms with van der Waals surface area (Å²) in [6.45, 7) is 6.38. The number of likely N-dealkylation sites (N-methyl/N-ethyl adjacent to an activating group) is 1. The molecule has 0 radical (unpaired) electrons. The summed E-state index contributed by atoms with van der Waals surface area (Å²) in [5, 5.41) is 1.17. The van der Waals surface area contributed by atoms with Crippen LogP contribution in [0.2, 0.25) is 0 Å². The van der Waals surface area contributed by atoms with E-state index in [0.717, 1.165) is 24.8 Å². The molecule has 1 aromatic heterocycles. The van der Waals surface area contributed by atoms with Crippen LogP contribution in [0.3, 0.4) is 0 Å². The van der Waals surface area contributed by atoms with Gasteiger partial charge < -0.3 is 10.6 Å². The normalized spacial score (nSPS) is 29.6. The lowest BCUT2D eigenvalue weighted by Crippen LogP contribution is -2.36. The molecule has 0 aliphatic carbocycles. The van der Waals surface area contributed by atoms with Gasteiger partial charge in [0.05, 0.1) is 5.69 Å². The first kappa shape index (κ1) is 13.3. The second-order valence-electron chi connectivity index (χ2n) is 6.02. The van der Waals surface area contributed by atoms with Gasteiger partial charge in [-0.1, -0.05) is 0 Å².